The number of nitrogens with one attached hydrogen (secondary N) is 1. The molecule has 0 bridgehead atoms. The molecule has 0 aromatic heterocycles. The number of hydrogen-bond donors (Lipinski definition) is 1. The quantitative estimate of drug-likeness (QED) is 0.488. The molecule has 34 heavy (non-hydrogen) atoms. The van der Waals surface area contributed by atoms with Gasteiger partial charge in [0.05, 0.1) is 29.8 Å². The SMILES string of the molecule is COc1ccc(S(=O)(=O)N(CC(=O)Nc2ccccc2C(F)(F)F)Cc2ccccc2)cc1C. The number of amides is 1. The average molecular weight is 493 g/mol. The fourth-order valence-electron chi connectivity index (χ4n) is 3.36. The number of anilines is 1. The lowest BCUT2D eigenvalue weighted by atomic mass is 10.1. The Balaban J connectivity index is 1.93. The van der Waals surface area contributed by atoms with Crippen molar-refractivity contribution in [3.63, 3.8) is 0 Å². The summed E-state index contributed by atoms with van der Waals surface area (Å²) in [5.74, 6) is -0.406. The van der Waals surface area contributed by atoms with Crippen molar-refractivity contribution in [2.24, 2.45) is 0 Å². The first-order chi connectivity index (χ1) is 16.0. The molecule has 0 aliphatic heterocycles. The molecular formula is C24H23F3N2O4S. The molecule has 0 saturated carbocycles. The molecule has 3 aromatic carbocycles. The first-order valence-electron chi connectivity index (χ1n) is 10.2. The van der Waals surface area contributed by atoms with Gasteiger partial charge in [-0.2, -0.15) is 17.5 Å². The minimum absolute atomic E-state index is 0.0646. The first kappa shape index (κ1) is 25.3. The molecule has 0 unspecified atom stereocenters. The Bertz CT molecular complexity index is 1260. The van der Waals surface area contributed by atoms with Gasteiger partial charge in [0.25, 0.3) is 0 Å². The van der Waals surface area contributed by atoms with Crippen molar-refractivity contribution in [2.45, 2.75) is 24.5 Å². The molecule has 3 rings (SSSR count). The van der Waals surface area contributed by atoms with Crippen LogP contribution in [-0.4, -0.2) is 32.3 Å². The van der Waals surface area contributed by atoms with Gasteiger partial charge in [-0.3, -0.25) is 4.79 Å². The van der Waals surface area contributed by atoms with Crippen LogP contribution in [0.4, 0.5) is 18.9 Å². The molecule has 1 amide bonds. The topological polar surface area (TPSA) is 75.7 Å². The van der Waals surface area contributed by atoms with Crippen LogP contribution in [0, 0.1) is 6.92 Å². The van der Waals surface area contributed by atoms with Crippen LogP contribution < -0.4 is 10.1 Å². The minimum atomic E-state index is -4.68. The van der Waals surface area contributed by atoms with Gasteiger partial charge in [0.2, 0.25) is 15.9 Å². The number of carbonyl (C=O) groups is 1. The van der Waals surface area contributed by atoms with Crippen LogP contribution in [0.5, 0.6) is 5.75 Å². The van der Waals surface area contributed by atoms with E-state index in [0.29, 0.717) is 16.9 Å². The van der Waals surface area contributed by atoms with Crippen molar-refractivity contribution < 1.29 is 31.1 Å². The number of nitrogens with zero attached hydrogens (tertiary/aromatic N) is 1. The van der Waals surface area contributed by atoms with Crippen LogP contribution in [-0.2, 0) is 27.5 Å². The molecular weight excluding hydrogens is 469 g/mol. The standard InChI is InChI=1S/C24H23F3N2O4S/c1-17-14-19(12-13-22(17)33-2)34(31,32)29(15-18-8-4-3-5-9-18)16-23(30)28-21-11-7-6-10-20(21)24(25,26)27/h3-14H,15-16H2,1-2H3,(H,28,30). The number of alkyl halides is 3. The molecule has 0 fully saturated rings. The van der Waals surface area contributed by atoms with Gasteiger partial charge < -0.3 is 10.1 Å². The molecule has 0 saturated heterocycles. The largest absolute Gasteiger partial charge is 0.496 e. The number of benzene rings is 3. The monoisotopic (exact) mass is 492 g/mol. The van der Waals surface area contributed by atoms with E-state index in [1.807, 2.05) is 0 Å². The van der Waals surface area contributed by atoms with Crippen LogP contribution in [0.25, 0.3) is 0 Å². The number of ether oxygens (including phenoxy) is 1. The third-order valence-electron chi connectivity index (χ3n) is 5.03. The molecule has 10 heteroatoms. The first-order valence-corrected chi connectivity index (χ1v) is 11.6. The van der Waals surface area contributed by atoms with Gasteiger partial charge >= 0.3 is 6.18 Å². The Morgan fingerprint density at radius 3 is 2.26 bits per heavy atom. The number of methoxy groups -OCH3 is 1. The molecule has 0 radical (unpaired) electrons. The summed E-state index contributed by atoms with van der Waals surface area (Å²) < 4.78 is 72.8. The molecule has 0 aliphatic carbocycles. The van der Waals surface area contributed by atoms with Crippen molar-refractivity contribution in [3.8, 4) is 5.75 Å². The van der Waals surface area contributed by atoms with E-state index in [1.54, 1.807) is 37.3 Å². The molecule has 6 nitrogen and oxygen atoms in total. The van der Waals surface area contributed by atoms with Crippen molar-refractivity contribution in [2.75, 3.05) is 19.0 Å². The Morgan fingerprint density at radius 2 is 1.65 bits per heavy atom. The molecule has 1 N–H and O–H groups in total. The number of rotatable bonds is 8. The third-order valence-corrected chi connectivity index (χ3v) is 6.82. The third kappa shape index (κ3) is 5.95. The average Bonchev–Trinajstić information content (AvgIpc) is 2.79. The van der Waals surface area contributed by atoms with Crippen LogP contribution in [0.2, 0.25) is 0 Å². The highest BCUT2D eigenvalue weighted by atomic mass is 32.2. The lowest BCUT2D eigenvalue weighted by Crippen LogP contribution is -2.37. The van der Waals surface area contributed by atoms with Gasteiger partial charge in [-0.1, -0.05) is 42.5 Å². The normalized spacial score (nSPS) is 11.9. The summed E-state index contributed by atoms with van der Waals surface area (Å²) >= 11 is 0. The molecule has 0 spiro atoms. The zero-order chi connectivity index (χ0) is 24.9. The van der Waals surface area contributed by atoms with Gasteiger partial charge in [0.1, 0.15) is 5.75 Å². The Hall–Kier alpha value is -3.37. The van der Waals surface area contributed by atoms with Crippen LogP contribution in [0.3, 0.4) is 0 Å². The number of sulfonamides is 1. The maximum Gasteiger partial charge on any atom is 0.418 e. The predicted molar refractivity (Wildman–Crippen MR) is 122 cm³/mol. The lowest BCUT2D eigenvalue weighted by Gasteiger charge is -2.23. The molecule has 0 atom stereocenters. The summed E-state index contributed by atoms with van der Waals surface area (Å²) in [6.45, 7) is 0.844. The Kier molecular flexibility index (Phi) is 7.63. The van der Waals surface area contributed by atoms with E-state index >= 15 is 0 Å². The summed E-state index contributed by atoms with van der Waals surface area (Å²) in [6.07, 6.45) is -4.68. The zero-order valence-electron chi connectivity index (χ0n) is 18.5. The van der Waals surface area contributed by atoms with Crippen molar-refractivity contribution >= 4 is 21.6 Å². The predicted octanol–water partition coefficient (Wildman–Crippen LogP) is 4.85. The van der Waals surface area contributed by atoms with E-state index < -0.39 is 39.9 Å². The molecule has 180 valence electrons. The number of halogens is 3. The summed E-state index contributed by atoms with van der Waals surface area (Å²) in [5, 5.41) is 2.20. The number of carbonyl (C=O) groups excluding carboxylic acids is 1. The van der Waals surface area contributed by atoms with E-state index in [-0.39, 0.29) is 11.4 Å². The number of aryl methyl sites for hydroxylation is 1. The second kappa shape index (κ2) is 10.3. The zero-order valence-corrected chi connectivity index (χ0v) is 19.3. The van der Waals surface area contributed by atoms with E-state index in [2.05, 4.69) is 5.32 Å². The fraction of sp³-hybridized carbons (Fsp3) is 0.208. The smallest absolute Gasteiger partial charge is 0.418 e. The highest BCUT2D eigenvalue weighted by Crippen LogP contribution is 2.34. The van der Waals surface area contributed by atoms with Gasteiger partial charge in [-0.05, 0) is 48.4 Å². The molecule has 0 heterocycles. The Labute approximate surface area is 196 Å². The summed E-state index contributed by atoms with van der Waals surface area (Å²) in [7, 11) is -2.72. The van der Waals surface area contributed by atoms with Crippen LogP contribution in [0.1, 0.15) is 16.7 Å². The molecule has 3 aromatic rings. The lowest BCUT2D eigenvalue weighted by molar-refractivity contribution is -0.137. The van der Waals surface area contributed by atoms with Gasteiger partial charge in [0, 0.05) is 6.54 Å². The highest BCUT2D eigenvalue weighted by molar-refractivity contribution is 7.89. The second-order valence-electron chi connectivity index (χ2n) is 7.48. The van der Waals surface area contributed by atoms with E-state index in [4.69, 9.17) is 4.74 Å². The highest BCUT2D eigenvalue weighted by Gasteiger charge is 2.34. The maximum absolute atomic E-state index is 13.4. The van der Waals surface area contributed by atoms with E-state index in [0.717, 1.165) is 16.4 Å². The van der Waals surface area contributed by atoms with Gasteiger partial charge in [-0.15, -0.1) is 0 Å². The van der Waals surface area contributed by atoms with Crippen molar-refractivity contribution in [3.05, 3.63) is 89.5 Å². The molecule has 0 aliphatic rings. The van der Waals surface area contributed by atoms with Crippen LogP contribution >= 0.6 is 0 Å². The Morgan fingerprint density at radius 1 is 1.00 bits per heavy atom. The van der Waals surface area contributed by atoms with Gasteiger partial charge in [0.15, 0.2) is 0 Å². The number of hydrogen-bond acceptors (Lipinski definition) is 4. The van der Waals surface area contributed by atoms with E-state index in [9.17, 15) is 26.4 Å². The summed E-state index contributed by atoms with van der Waals surface area (Å²) in [4.78, 5) is 12.7. The van der Waals surface area contributed by atoms with Crippen molar-refractivity contribution in [1.29, 1.82) is 0 Å². The minimum Gasteiger partial charge on any atom is -0.496 e. The van der Waals surface area contributed by atoms with Crippen LogP contribution in [0.15, 0.2) is 77.7 Å². The fourth-order valence-corrected chi connectivity index (χ4v) is 4.83. The van der Waals surface area contributed by atoms with Gasteiger partial charge in [-0.25, -0.2) is 8.42 Å². The summed E-state index contributed by atoms with van der Waals surface area (Å²) in [5.41, 5.74) is -0.282. The van der Waals surface area contributed by atoms with E-state index in [1.165, 1.54) is 37.4 Å². The maximum atomic E-state index is 13.4. The van der Waals surface area contributed by atoms with Crippen molar-refractivity contribution in [1.82, 2.24) is 4.31 Å². The summed E-state index contributed by atoms with van der Waals surface area (Å²) in [6, 6.07) is 17.4. The second-order valence-corrected chi connectivity index (χ2v) is 9.42. The number of para-hydroxylation sites is 1.